The molecule has 1 aliphatic heterocycles. The molecule has 3 nitrogen and oxygen atoms in total. The molecule has 1 heterocycles. The molecule has 3 heteroatoms. The predicted molar refractivity (Wildman–Crippen MR) is 70.4 cm³/mol. The van der Waals surface area contributed by atoms with Crippen LogP contribution in [0.2, 0.25) is 0 Å². The molecular formula is C14H20N2O. The Bertz CT molecular complexity index is 408. The minimum absolute atomic E-state index is 0.0235. The molecule has 1 saturated heterocycles. The average Bonchev–Trinajstić information content (AvgIpc) is 2.28. The van der Waals surface area contributed by atoms with Crippen molar-refractivity contribution in [2.45, 2.75) is 32.7 Å². The fourth-order valence-electron chi connectivity index (χ4n) is 2.51. The number of benzene rings is 1. The lowest BCUT2D eigenvalue weighted by Crippen LogP contribution is -2.49. The number of hydrogen-bond acceptors (Lipinski definition) is 2. The van der Waals surface area contributed by atoms with E-state index in [1.54, 1.807) is 0 Å². The van der Waals surface area contributed by atoms with Gasteiger partial charge in [-0.1, -0.05) is 6.07 Å². The molecule has 0 aromatic heterocycles. The number of likely N-dealkylation sites (N-methyl/N-ethyl adjacent to an activating group) is 1. The van der Waals surface area contributed by atoms with Crippen molar-refractivity contribution in [2.24, 2.45) is 0 Å². The smallest absolute Gasteiger partial charge is 0.244 e. The Balaban J connectivity index is 2.29. The van der Waals surface area contributed by atoms with Gasteiger partial charge < -0.3 is 10.2 Å². The maximum Gasteiger partial charge on any atom is 0.244 e. The van der Waals surface area contributed by atoms with Crippen molar-refractivity contribution in [1.29, 1.82) is 0 Å². The van der Waals surface area contributed by atoms with Crippen LogP contribution in [0.4, 0.5) is 5.69 Å². The summed E-state index contributed by atoms with van der Waals surface area (Å²) in [4.78, 5) is 14.2. The summed E-state index contributed by atoms with van der Waals surface area (Å²) in [6.45, 7) is 4.97. The molecule has 0 bridgehead atoms. The normalized spacial score (nSPS) is 20.8. The zero-order chi connectivity index (χ0) is 12.4. The van der Waals surface area contributed by atoms with Gasteiger partial charge in [-0.25, -0.2) is 0 Å². The van der Waals surface area contributed by atoms with Crippen molar-refractivity contribution in [3.63, 3.8) is 0 Å². The fraction of sp³-hybridized carbons (Fsp3) is 0.500. The van der Waals surface area contributed by atoms with Gasteiger partial charge in [0.1, 0.15) is 0 Å². The number of nitrogens with zero attached hydrogens (tertiary/aromatic N) is 1. The first-order chi connectivity index (χ1) is 8.11. The van der Waals surface area contributed by atoms with Gasteiger partial charge in [-0.2, -0.15) is 0 Å². The van der Waals surface area contributed by atoms with E-state index in [4.69, 9.17) is 0 Å². The minimum atomic E-state index is -0.0235. The van der Waals surface area contributed by atoms with Crippen LogP contribution in [0.25, 0.3) is 0 Å². The summed E-state index contributed by atoms with van der Waals surface area (Å²) >= 11 is 0. The molecule has 1 fully saturated rings. The molecule has 17 heavy (non-hydrogen) atoms. The third-order valence-electron chi connectivity index (χ3n) is 3.31. The van der Waals surface area contributed by atoms with E-state index < -0.39 is 0 Å². The fourth-order valence-corrected chi connectivity index (χ4v) is 2.51. The monoisotopic (exact) mass is 232 g/mol. The zero-order valence-corrected chi connectivity index (χ0v) is 10.8. The largest absolute Gasteiger partial charge is 0.311 e. The third-order valence-corrected chi connectivity index (χ3v) is 3.31. The van der Waals surface area contributed by atoms with Crippen LogP contribution in [0.1, 0.15) is 24.0 Å². The zero-order valence-electron chi connectivity index (χ0n) is 10.8. The maximum atomic E-state index is 12.2. The van der Waals surface area contributed by atoms with Crippen molar-refractivity contribution in [3.05, 3.63) is 29.3 Å². The number of carbonyl (C=O) groups excluding carboxylic acids is 1. The van der Waals surface area contributed by atoms with Gasteiger partial charge in [0.25, 0.3) is 0 Å². The molecule has 1 N–H and O–H groups in total. The molecule has 1 aliphatic rings. The standard InChI is InChI=1S/C14H20N2O/c1-10-7-11(2)9-12(8-10)16-6-4-5-13(15-3)14(16)17/h7-9,13,15H,4-6H2,1-3H3. The summed E-state index contributed by atoms with van der Waals surface area (Å²) in [5.74, 6) is 0.198. The van der Waals surface area contributed by atoms with E-state index in [9.17, 15) is 4.79 Å². The molecule has 92 valence electrons. The van der Waals surface area contributed by atoms with E-state index in [0.717, 1.165) is 25.1 Å². The quantitative estimate of drug-likeness (QED) is 0.846. The van der Waals surface area contributed by atoms with Crippen LogP contribution in [0.15, 0.2) is 18.2 Å². The molecule has 1 aromatic carbocycles. The molecule has 0 saturated carbocycles. The predicted octanol–water partition coefficient (Wildman–Crippen LogP) is 2.02. The summed E-state index contributed by atoms with van der Waals surface area (Å²) in [6, 6.07) is 6.28. The molecular weight excluding hydrogens is 212 g/mol. The summed E-state index contributed by atoms with van der Waals surface area (Å²) in [5, 5.41) is 3.09. The van der Waals surface area contributed by atoms with E-state index in [1.165, 1.54) is 11.1 Å². The van der Waals surface area contributed by atoms with Gasteiger partial charge in [0.2, 0.25) is 5.91 Å². The van der Waals surface area contributed by atoms with Crippen molar-refractivity contribution in [1.82, 2.24) is 5.32 Å². The van der Waals surface area contributed by atoms with Crippen LogP contribution in [-0.2, 0) is 4.79 Å². The lowest BCUT2D eigenvalue weighted by Gasteiger charge is -2.32. The topological polar surface area (TPSA) is 32.3 Å². The second kappa shape index (κ2) is 4.88. The van der Waals surface area contributed by atoms with Crippen LogP contribution < -0.4 is 10.2 Å². The lowest BCUT2D eigenvalue weighted by molar-refractivity contribution is -0.121. The number of amides is 1. The Morgan fingerprint density at radius 2 is 1.88 bits per heavy atom. The van der Waals surface area contributed by atoms with E-state index in [1.807, 2.05) is 11.9 Å². The van der Waals surface area contributed by atoms with Gasteiger partial charge in [-0.15, -0.1) is 0 Å². The summed E-state index contributed by atoms with van der Waals surface area (Å²) in [5.41, 5.74) is 3.45. The first-order valence-corrected chi connectivity index (χ1v) is 6.19. The second-order valence-corrected chi connectivity index (χ2v) is 4.82. The van der Waals surface area contributed by atoms with Gasteiger partial charge in [0.05, 0.1) is 6.04 Å². The number of anilines is 1. The number of rotatable bonds is 2. The first kappa shape index (κ1) is 12.1. The molecule has 1 amide bonds. The highest BCUT2D eigenvalue weighted by Gasteiger charge is 2.28. The average molecular weight is 232 g/mol. The number of piperidine rings is 1. The van der Waals surface area contributed by atoms with Crippen LogP contribution in [0.3, 0.4) is 0 Å². The van der Waals surface area contributed by atoms with Gasteiger partial charge in [-0.05, 0) is 57.0 Å². The molecule has 0 radical (unpaired) electrons. The maximum absolute atomic E-state index is 12.2. The van der Waals surface area contributed by atoms with Crippen LogP contribution in [-0.4, -0.2) is 25.5 Å². The lowest BCUT2D eigenvalue weighted by atomic mass is 10.0. The Morgan fingerprint density at radius 1 is 1.24 bits per heavy atom. The highest BCUT2D eigenvalue weighted by Crippen LogP contribution is 2.23. The van der Waals surface area contributed by atoms with Gasteiger partial charge in [-0.3, -0.25) is 4.79 Å². The van der Waals surface area contributed by atoms with Gasteiger partial charge in [0, 0.05) is 12.2 Å². The highest BCUT2D eigenvalue weighted by atomic mass is 16.2. The molecule has 1 atom stereocenters. The Morgan fingerprint density at radius 3 is 2.47 bits per heavy atom. The van der Waals surface area contributed by atoms with Crippen LogP contribution in [0, 0.1) is 13.8 Å². The van der Waals surface area contributed by atoms with Crippen molar-refractivity contribution in [2.75, 3.05) is 18.5 Å². The SMILES string of the molecule is CNC1CCCN(c2cc(C)cc(C)c2)C1=O. The van der Waals surface area contributed by atoms with E-state index in [0.29, 0.717) is 0 Å². The Kier molecular flexibility index (Phi) is 3.48. The highest BCUT2D eigenvalue weighted by molar-refractivity contribution is 5.98. The number of hydrogen-bond donors (Lipinski definition) is 1. The Hall–Kier alpha value is -1.35. The van der Waals surface area contributed by atoms with Crippen LogP contribution >= 0.6 is 0 Å². The summed E-state index contributed by atoms with van der Waals surface area (Å²) in [6.07, 6.45) is 2.00. The first-order valence-electron chi connectivity index (χ1n) is 6.19. The number of nitrogens with one attached hydrogen (secondary N) is 1. The second-order valence-electron chi connectivity index (χ2n) is 4.82. The molecule has 2 rings (SSSR count). The van der Waals surface area contributed by atoms with Crippen molar-refractivity contribution < 1.29 is 4.79 Å². The number of aryl methyl sites for hydroxylation is 2. The molecule has 1 unspecified atom stereocenters. The van der Waals surface area contributed by atoms with Crippen LogP contribution in [0.5, 0.6) is 0 Å². The minimum Gasteiger partial charge on any atom is -0.311 e. The summed E-state index contributed by atoms with van der Waals surface area (Å²) in [7, 11) is 1.85. The van der Waals surface area contributed by atoms with Gasteiger partial charge in [0.15, 0.2) is 0 Å². The molecule has 0 aliphatic carbocycles. The summed E-state index contributed by atoms with van der Waals surface area (Å²) < 4.78 is 0. The van der Waals surface area contributed by atoms with Crippen molar-refractivity contribution in [3.8, 4) is 0 Å². The van der Waals surface area contributed by atoms with E-state index >= 15 is 0 Å². The van der Waals surface area contributed by atoms with E-state index in [2.05, 4.69) is 37.4 Å². The van der Waals surface area contributed by atoms with E-state index in [-0.39, 0.29) is 11.9 Å². The number of carbonyl (C=O) groups is 1. The van der Waals surface area contributed by atoms with Gasteiger partial charge >= 0.3 is 0 Å². The Labute approximate surface area is 103 Å². The third kappa shape index (κ3) is 2.50. The van der Waals surface area contributed by atoms with Crippen molar-refractivity contribution >= 4 is 11.6 Å². The molecule has 0 spiro atoms. The molecule has 1 aromatic rings.